The average molecular weight is 358 g/mol. The lowest BCUT2D eigenvalue weighted by Crippen LogP contribution is -2.58. The highest BCUT2D eigenvalue weighted by Gasteiger charge is 2.32. The van der Waals surface area contributed by atoms with E-state index in [0.29, 0.717) is 36.8 Å². The summed E-state index contributed by atoms with van der Waals surface area (Å²) < 4.78 is 18.1. The topological polar surface area (TPSA) is 83.6 Å². The molecule has 1 aromatic carbocycles. The molecule has 0 bridgehead atoms. The highest BCUT2D eigenvalue weighted by molar-refractivity contribution is 6.01. The number of carbonyl (C=O) groups excluding carboxylic acids is 2. The van der Waals surface area contributed by atoms with Gasteiger partial charge in [0.15, 0.2) is 0 Å². The number of carbonyl (C=O) groups is 2. The normalized spacial score (nSPS) is 16.8. The van der Waals surface area contributed by atoms with Gasteiger partial charge in [0.2, 0.25) is 11.8 Å². The van der Waals surface area contributed by atoms with Gasteiger partial charge < -0.3 is 20.3 Å². The van der Waals surface area contributed by atoms with Crippen LogP contribution in [0, 0.1) is 5.82 Å². The van der Waals surface area contributed by atoms with E-state index >= 15 is 0 Å². The number of methoxy groups -OCH3 is 1. The molecule has 1 fully saturated rings. The van der Waals surface area contributed by atoms with Crippen molar-refractivity contribution in [1.29, 1.82) is 0 Å². The van der Waals surface area contributed by atoms with Crippen LogP contribution >= 0.6 is 0 Å². The lowest BCUT2D eigenvalue weighted by molar-refractivity contribution is -0.121. The molecule has 2 N–H and O–H groups in total. The number of amides is 2. The van der Waals surface area contributed by atoms with E-state index in [1.165, 1.54) is 42.5 Å². The van der Waals surface area contributed by atoms with E-state index < -0.39 is 6.04 Å². The number of hydrogen-bond acceptors (Lipinski definition) is 5. The first kappa shape index (κ1) is 17.8. The van der Waals surface area contributed by atoms with Gasteiger partial charge in [-0.15, -0.1) is 0 Å². The Hall–Kier alpha value is -3.00. The molecule has 7 nitrogen and oxygen atoms in total. The van der Waals surface area contributed by atoms with Crippen molar-refractivity contribution in [3.63, 3.8) is 0 Å². The van der Waals surface area contributed by atoms with Crippen LogP contribution in [0.4, 0.5) is 10.1 Å². The fourth-order valence-corrected chi connectivity index (χ4v) is 2.76. The van der Waals surface area contributed by atoms with Gasteiger partial charge in [0, 0.05) is 43.1 Å². The van der Waals surface area contributed by atoms with Gasteiger partial charge in [0.25, 0.3) is 5.91 Å². The number of anilines is 1. The Labute approximate surface area is 150 Å². The number of rotatable bonds is 4. The number of ether oxygens (including phenoxy) is 1. The van der Waals surface area contributed by atoms with Gasteiger partial charge in [-0.3, -0.25) is 9.59 Å². The first-order valence-corrected chi connectivity index (χ1v) is 8.16. The maximum absolute atomic E-state index is 13.0. The molecule has 2 amide bonds. The van der Waals surface area contributed by atoms with Crippen LogP contribution < -0.4 is 15.4 Å². The highest BCUT2D eigenvalue weighted by atomic mass is 19.1. The van der Waals surface area contributed by atoms with Crippen LogP contribution in [0.15, 0.2) is 42.6 Å². The summed E-state index contributed by atoms with van der Waals surface area (Å²) in [5, 5.41) is 5.84. The monoisotopic (exact) mass is 358 g/mol. The number of aromatic nitrogens is 1. The zero-order valence-corrected chi connectivity index (χ0v) is 14.2. The lowest BCUT2D eigenvalue weighted by atomic mass is 10.1. The number of benzene rings is 1. The summed E-state index contributed by atoms with van der Waals surface area (Å²) in [5.74, 6) is -0.659. The number of nitrogens with zero attached hydrogens (tertiary/aromatic N) is 2. The van der Waals surface area contributed by atoms with Crippen molar-refractivity contribution in [1.82, 2.24) is 15.2 Å². The maximum atomic E-state index is 13.0. The van der Waals surface area contributed by atoms with Crippen molar-refractivity contribution in [2.45, 2.75) is 6.04 Å². The molecule has 1 aromatic heterocycles. The van der Waals surface area contributed by atoms with Gasteiger partial charge in [-0.1, -0.05) is 0 Å². The second-order valence-corrected chi connectivity index (χ2v) is 5.80. The molecule has 1 saturated heterocycles. The van der Waals surface area contributed by atoms with Crippen LogP contribution in [0.3, 0.4) is 0 Å². The Bertz CT molecular complexity index is 797. The Kier molecular flexibility index (Phi) is 5.43. The second kappa shape index (κ2) is 7.92. The molecular weight excluding hydrogens is 339 g/mol. The summed E-state index contributed by atoms with van der Waals surface area (Å²) in [4.78, 5) is 31.0. The van der Waals surface area contributed by atoms with Crippen molar-refractivity contribution in [2.75, 3.05) is 32.1 Å². The molecule has 136 valence electrons. The summed E-state index contributed by atoms with van der Waals surface area (Å²) in [6.07, 6.45) is 1.49. The number of nitrogens with one attached hydrogen (secondary N) is 2. The minimum atomic E-state index is -0.680. The largest absolute Gasteiger partial charge is 0.481 e. The fourth-order valence-electron chi connectivity index (χ4n) is 2.76. The Morgan fingerprint density at radius 2 is 2.08 bits per heavy atom. The smallest absolute Gasteiger partial charge is 0.254 e. The van der Waals surface area contributed by atoms with E-state index in [0.717, 1.165) is 0 Å². The zero-order chi connectivity index (χ0) is 18.5. The molecule has 1 aliphatic rings. The molecule has 0 saturated carbocycles. The molecule has 1 atom stereocenters. The van der Waals surface area contributed by atoms with Gasteiger partial charge in [-0.05, 0) is 30.3 Å². The van der Waals surface area contributed by atoms with E-state index in [1.807, 2.05) is 0 Å². The minimum absolute atomic E-state index is 0.272. The molecule has 0 radical (unpaired) electrons. The summed E-state index contributed by atoms with van der Waals surface area (Å²) in [6, 6.07) is 7.93. The van der Waals surface area contributed by atoms with Gasteiger partial charge in [-0.25, -0.2) is 9.37 Å². The first-order chi connectivity index (χ1) is 12.6. The third-order valence-corrected chi connectivity index (χ3v) is 4.11. The van der Waals surface area contributed by atoms with Crippen LogP contribution in [0.25, 0.3) is 0 Å². The van der Waals surface area contributed by atoms with Crippen molar-refractivity contribution < 1.29 is 18.7 Å². The van der Waals surface area contributed by atoms with Gasteiger partial charge in [0.1, 0.15) is 11.9 Å². The maximum Gasteiger partial charge on any atom is 0.254 e. The summed E-state index contributed by atoms with van der Waals surface area (Å²) >= 11 is 0. The molecule has 2 aromatic rings. The predicted octanol–water partition coefficient (Wildman–Crippen LogP) is 1.28. The van der Waals surface area contributed by atoms with Crippen LogP contribution in [0.2, 0.25) is 0 Å². The second-order valence-electron chi connectivity index (χ2n) is 5.80. The third-order valence-electron chi connectivity index (χ3n) is 4.11. The van der Waals surface area contributed by atoms with E-state index in [9.17, 15) is 14.0 Å². The predicted molar refractivity (Wildman–Crippen MR) is 93.5 cm³/mol. The van der Waals surface area contributed by atoms with E-state index in [2.05, 4.69) is 15.6 Å². The SMILES string of the molecule is COc1cc(C(=O)N2CCNCC2C(=O)Nc2ccc(F)cc2)ccn1. The Balaban J connectivity index is 1.77. The molecule has 0 spiro atoms. The van der Waals surface area contributed by atoms with Gasteiger partial charge in [0.05, 0.1) is 7.11 Å². The van der Waals surface area contributed by atoms with E-state index in [-0.39, 0.29) is 17.6 Å². The molecule has 8 heteroatoms. The van der Waals surface area contributed by atoms with E-state index in [4.69, 9.17) is 4.74 Å². The third kappa shape index (κ3) is 3.97. The summed E-state index contributed by atoms with van der Waals surface area (Å²) in [5.41, 5.74) is 0.873. The molecule has 1 unspecified atom stereocenters. The van der Waals surface area contributed by atoms with Crippen LogP contribution in [0.1, 0.15) is 10.4 Å². The lowest BCUT2D eigenvalue weighted by Gasteiger charge is -2.35. The molecule has 1 aliphatic heterocycles. The average Bonchev–Trinajstić information content (AvgIpc) is 2.69. The Morgan fingerprint density at radius 3 is 2.81 bits per heavy atom. The van der Waals surface area contributed by atoms with Crippen molar-refractivity contribution in [3.05, 3.63) is 54.0 Å². The number of halogens is 1. The number of hydrogen-bond donors (Lipinski definition) is 2. The molecule has 26 heavy (non-hydrogen) atoms. The molecular formula is C18H19FN4O3. The summed E-state index contributed by atoms with van der Waals surface area (Å²) in [6.45, 7) is 1.32. The van der Waals surface area contributed by atoms with Crippen LogP contribution in [-0.4, -0.2) is 54.5 Å². The number of piperazine rings is 1. The molecule has 0 aliphatic carbocycles. The molecule has 3 rings (SSSR count). The van der Waals surface area contributed by atoms with Crippen molar-refractivity contribution >= 4 is 17.5 Å². The first-order valence-electron chi connectivity index (χ1n) is 8.16. The quantitative estimate of drug-likeness (QED) is 0.860. The fraction of sp³-hybridized carbons (Fsp3) is 0.278. The standard InChI is InChI=1S/C18H19FN4O3/c1-26-16-10-12(6-7-21-16)18(25)23-9-8-20-11-15(23)17(24)22-14-4-2-13(19)3-5-14/h2-7,10,15,20H,8-9,11H2,1H3,(H,22,24). The summed E-state index contributed by atoms with van der Waals surface area (Å²) in [7, 11) is 1.47. The van der Waals surface area contributed by atoms with Gasteiger partial charge in [-0.2, -0.15) is 0 Å². The number of pyridine rings is 1. The van der Waals surface area contributed by atoms with Crippen LogP contribution in [0.5, 0.6) is 5.88 Å². The van der Waals surface area contributed by atoms with Crippen molar-refractivity contribution in [3.8, 4) is 5.88 Å². The van der Waals surface area contributed by atoms with Crippen molar-refractivity contribution in [2.24, 2.45) is 0 Å². The van der Waals surface area contributed by atoms with Gasteiger partial charge >= 0.3 is 0 Å². The highest BCUT2D eigenvalue weighted by Crippen LogP contribution is 2.16. The van der Waals surface area contributed by atoms with Crippen LogP contribution in [-0.2, 0) is 4.79 Å². The molecule has 2 heterocycles. The minimum Gasteiger partial charge on any atom is -0.481 e. The van der Waals surface area contributed by atoms with E-state index in [1.54, 1.807) is 12.1 Å². The Morgan fingerprint density at radius 1 is 1.31 bits per heavy atom. The zero-order valence-electron chi connectivity index (χ0n) is 14.2.